The molecular weight excluding hydrogens is 313 g/mol. The van der Waals surface area contributed by atoms with Crippen molar-refractivity contribution in [1.29, 1.82) is 0 Å². The van der Waals surface area contributed by atoms with Crippen molar-refractivity contribution in [2.24, 2.45) is 5.92 Å². The molecule has 2 bridgehead atoms. The van der Waals surface area contributed by atoms with Gasteiger partial charge in [0, 0.05) is 30.1 Å². The number of carbonyl (C=O) groups is 1. The molecule has 4 rings (SSSR count). The average Bonchev–Trinajstić information content (AvgIpc) is 2.86. The standard InChI is InChI=1S/C22H24FNO/c1-15-11-17(7-10-21(15)23)22(25)18-12-19-8-9-20(13-18)24(19)14-16-5-3-2-4-6-16/h2-7,10-11,18-20H,8-9,12-14H2,1H3. The quantitative estimate of drug-likeness (QED) is 0.750. The normalized spacial score (nSPS) is 25.9. The fourth-order valence-corrected chi connectivity index (χ4v) is 4.57. The van der Waals surface area contributed by atoms with Crippen LogP contribution in [-0.4, -0.2) is 22.8 Å². The molecule has 2 unspecified atom stereocenters. The third-order valence-electron chi connectivity index (χ3n) is 5.91. The van der Waals surface area contributed by atoms with E-state index in [-0.39, 0.29) is 17.5 Å². The average molecular weight is 337 g/mol. The third kappa shape index (κ3) is 3.25. The molecule has 2 saturated heterocycles. The van der Waals surface area contributed by atoms with Crippen molar-refractivity contribution in [3.63, 3.8) is 0 Å². The highest BCUT2D eigenvalue weighted by molar-refractivity contribution is 5.98. The van der Waals surface area contributed by atoms with Gasteiger partial charge < -0.3 is 0 Å². The Morgan fingerprint density at radius 3 is 2.40 bits per heavy atom. The topological polar surface area (TPSA) is 20.3 Å². The van der Waals surface area contributed by atoms with Gasteiger partial charge >= 0.3 is 0 Å². The van der Waals surface area contributed by atoms with Crippen LogP contribution in [0.5, 0.6) is 0 Å². The molecule has 2 aromatic rings. The number of halogens is 1. The minimum atomic E-state index is -0.241. The maximum absolute atomic E-state index is 13.5. The van der Waals surface area contributed by atoms with Crippen LogP contribution >= 0.6 is 0 Å². The predicted molar refractivity (Wildman–Crippen MR) is 97.0 cm³/mol. The predicted octanol–water partition coefficient (Wildman–Crippen LogP) is 4.76. The first-order valence-corrected chi connectivity index (χ1v) is 9.22. The van der Waals surface area contributed by atoms with Crippen LogP contribution in [0.2, 0.25) is 0 Å². The maximum Gasteiger partial charge on any atom is 0.166 e. The zero-order valence-electron chi connectivity index (χ0n) is 14.6. The van der Waals surface area contributed by atoms with Gasteiger partial charge in [0.2, 0.25) is 0 Å². The summed E-state index contributed by atoms with van der Waals surface area (Å²) >= 11 is 0. The van der Waals surface area contributed by atoms with E-state index in [1.54, 1.807) is 19.1 Å². The van der Waals surface area contributed by atoms with Crippen molar-refractivity contribution >= 4 is 5.78 Å². The number of hydrogen-bond acceptors (Lipinski definition) is 2. The molecule has 3 heteroatoms. The number of ketones is 1. The number of hydrogen-bond donors (Lipinski definition) is 0. The summed E-state index contributed by atoms with van der Waals surface area (Å²) in [6.45, 7) is 2.70. The summed E-state index contributed by atoms with van der Waals surface area (Å²) in [6.07, 6.45) is 4.23. The summed E-state index contributed by atoms with van der Waals surface area (Å²) in [4.78, 5) is 15.5. The molecule has 2 heterocycles. The Bertz CT molecular complexity index is 759. The van der Waals surface area contributed by atoms with Crippen LogP contribution < -0.4 is 0 Å². The van der Waals surface area contributed by atoms with Gasteiger partial charge in [0.15, 0.2) is 5.78 Å². The number of Topliss-reactive ketones (excluding diaryl/α,β-unsaturated/α-hetero) is 1. The van der Waals surface area contributed by atoms with E-state index < -0.39 is 0 Å². The van der Waals surface area contributed by atoms with E-state index in [0.29, 0.717) is 23.2 Å². The lowest BCUT2D eigenvalue weighted by molar-refractivity contribution is 0.0678. The van der Waals surface area contributed by atoms with Crippen molar-refractivity contribution < 1.29 is 9.18 Å². The molecule has 0 radical (unpaired) electrons. The number of aryl methyl sites for hydroxylation is 1. The van der Waals surface area contributed by atoms with E-state index in [1.807, 2.05) is 6.07 Å². The lowest BCUT2D eigenvalue weighted by atomic mass is 9.84. The molecule has 2 atom stereocenters. The number of rotatable bonds is 4. The number of carbonyl (C=O) groups excluding carboxylic acids is 1. The van der Waals surface area contributed by atoms with Gasteiger partial charge in [-0.05, 0) is 61.9 Å². The second-order valence-corrected chi connectivity index (χ2v) is 7.54. The van der Waals surface area contributed by atoms with Crippen LogP contribution in [-0.2, 0) is 6.54 Å². The largest absolute Gasteiger partial charge is 0.294 e. The fraction of sp³-hybridized carbons (Fsp3) is 0.409. The first kappa shape index (κ1) is 16.5. The highest BCUT2D eigenvalue weighted by Crippen LogP contribution is 2.40. The highest BCUT2D eigenvalue weighted by Gasteiger charge is 2.42. The van der Waals surface area contributed by atoms with E-state index in [9.17, 15) is 9.18 Å². The smallest absolute Gasteiger partial charge is 0.166 e. The minimum absolute atomic E-state index is 0.0781. The van der Waals surface area contributed by atoms with Gasteiger partial charge in [0.25, 0.3) is 0 Å². The lowest BCUT2D eigenvalue weighted by Gasteiger charge is -2.38. The Balaban J connectivity index is 1.47. The second-order valence-electron chi connectivity index (χ2n) is 7.54. The molecule has 2 aromatic carbocycles. The van der Waals surface area contributed by atoms with Crippen molar-refractivity contribution in [2.45, 2.75) is 51.2 Å². The number of fused-ring (bicyclic) bond motifs is 2. The van der Waals surface area contributed by atoms with E-state index in [2.05, 4.69) is 29.2 Å². The Labute approximate surface area is 148 Å². The van der Waals surface area contributed by atoms with Gasteiger partial charge in [-0.25, -0.2) is 4.39 Å². The van der Waals surface area contributed by atoms with Crippen LogP contribution in [0.1, 0.15) is 47.2 Å². The summed E-state index contributed by atoms with van der Waals surface area (Å²) in [7, 11) is 0. The van der Waals surface area contributed by atoms with Crippen LogP contribution in [0.4, 0.5) is 4.39 Å². The lowest BCUT2D eigenvalue weighted by Crippen LogP contribution is -2.44. The van der Waals surface area contributed by atoms with E-state index in [0.717, 1.165) is 19.4 Å². The molecule has 2 fully saturated rings. The zero-order valence-corrected chi connectivity index (χ0v) is 14.6. The molecule has 0 spiro atoms. The molecule has 0 amide bonds. The summed E-state index contributed by atoms with van der Waals surface area (Å²) in [5.74, 6) is 0.0306. The zero-order chi connectivity index (χ0) is 17.4. The molecule has 0 aliphatic carbocycles. The highest BCUT2D eigenvalue weighted by atomic mass is 19.1. The second kappa shape index (κ2) is 6.72. The van der Waals surface area contributed by atoms with Gasteiger partial charge in [-0.2, -0.15) is 0 Å². The Morgan fingerprint density at radius 1 is 1.08 bits per heavy atom. The van der Waals surface area contributed by atoms with Crippen LogP contribution in [0.25, 0.3) is 0 Å². The van der Waals surface area contributed by atoms with Gasteiger partial charge in [0.1, 0.15) is 5.82 Å². The van der Waals surface area contributed by atoms with Gasteiger partial charge in [0.05, 0.1) is 0 Å². The SMILES string of the molecule is Cc1cc(C(=O)C2CC3CCC(C2)N3Cc2ccccc2)ccc1F. The first-order valence-electron chi connectivity index (χ1n) is 9.22. The molecule has 2 aliphatic rings. The summed E-state index contributed by atoms with van der Waals surface area (Å²) in [5.41, 5.74) is 2.56. The molecule has 0 saturated carbocycles. The molecule has 0 N–H and O–H groups in total. The van der Waals surface area contributed by atoms with Crippen LogP contribution in [0, 0.1) is 18.7 Å². The molecule has 25 heavy (non-hydrogen) atoms. The van der Waals surface area contributed by atoms with E-state index >= 15 is 0 Å². The number of piperidine rings is 1. The van der Waals surface area contributed by atoms with E-state index in [1.165, 1.54) is 24.5 Å². The molecule has 0 aromatic heterocycles. The van der Waals surface area contributed by atoms with E-state index in [4.69, 9.17) is 0 Å². The molecule has 2 nitrogen and oxygen atoms in total. The Kier molecular flexibility index (Phi) is 4.43. The van der Waals surface area contributed by atoms with Crippen LogP contribution in [0.3, 0.4) is 0 Å². The van der Waals surface area contributed by atoms with Gasteiger partial charge in [-0.1, -0.05) is 30.3 Å². The van der Waals surface area contributed by atoms with Crippen molar-refractivity contribution in [1.82, 2.24) is 4.90 Å². The van der Waals surface area contributed by atoms with Crippen LogP contribution in [0.15, 0.2) is 48.5 Å². The molecular formula is C22H24FNO. The minimum Gasteiger partial charge on any atom is -0.294 e. The fourth-order valence-electron chi connectivity index (χ4n) is 4.57. The summed E-state index contributed by atoms with van der Waals surface area (Å²) in [5, 5.41) is 0. The van der Waals surface area contributed by atoms with Gasteiger partial charge in [-0.15, -0.1) is 0 Å². The molecule has 130 valence electrons. The maximum atomic E-state index is 13.5. The van der Waals surface area contributed by atoms with Crippen molar-refractivity contribution in [2.75, 3.05) is 0 Å². The number of nitrogens with zero attached hydrogens (tertiary/aromatic N) is 1. The Hall–Kier alpha value is -2.00. The van der Waals surface area contributed by atoms with Gasteiger partial charge in [-0.3, -0.25) is 9.69 Å². The summed E-state index contributed by atoms with van der Waals surface area (Å²) in [6, 6.07) is 16.3. The Morgan fingerprint density at radius 2 is 1.76 bits per heavy atom. The monoisotopic (exact) mass is 337 g/mol. The molecule has 2 aliphatic heterocycles. The third-order valence-corrected chi connectivity index (χ3v) is 5.91. The first-order chi connectivity index (χ1) is 12.1. The van der Waals surface area contributed by atoms with Crippen molar-refractivity contribution in [3.8, 4) is 0 Å². The van der Waals surface area contributed by atoms with Crippen molar-refractivity contribution in [3.05, 3.63) is 71.0 Å². The number of benzene rings is 2. The summed E-state index contributed by atoms with van der Waals surface area (Å²) < 4.78 is 13.5.